The fourth-order valence-corrected chi connectivity index (χ4v) is 6.08. The summed E-state index contributed by atoms with van der Waals surface area (Å²) in [7, 11) is 0. The van der Waals surface area contributed by atoms with Gasteiger partial charge in [-0.2, -0.15) is 0 Å². The van der Waals surface area contributed by atoms with E-state index in [-0.39, 0.29) is 12.5 Å². The number of ketones is 1. The van der Waals surface area contributed by atoms with Crippen LogP contribution in [0.4, 0.5) is 4.79 Å². The molecule has 4 rings (SSSR count). The second kappa shape index (κ2) is 16.0. The van der Waals surface area contributed by atoms with Gasteiger partial charge in [0.25, 0.3) is 0 Å². The van der Waals surface area contributed by atoms with Crippen molar-refractivity contribution in [2.45, 2.75) is 71.1 Å². The highest BCUT2D eigenvalue weighted by atomic mass is 16.5. The van der Waals surface area contributed by atoms with Gasteiger partial charge in [0.05, 0.1) is 6.04 Å². The standard InChI is InChI=1S/C40H45N2O4/c1-28(2)24-36(41-39(45)46-27-32-18-8-6-9-19-32)38(44)42-37(31(5)43)40(35-22-10-7-11-23-35,25-33-20-14-12-16-29(33)3)26-34-21-15-13-17-30(34)4/h6-23,28,36-37H,5,24-27H2,1-4H3,(H,41,45)(H,42,44)/t36-,37+/m0/s1. The molecule has 0 aromatic heterocycles. The summed E-state index contributed by atoms with van der Waals surface area (Å²) < 4.78 is 5.45. The SMILES string of the molecule is [CH2]C(=O)[C@@H](NC(=O)[C@H](CC(C)C)NC(=O)OCc1ccccc1)C(Cc1ccccc1C)(Cc1ccccc1C)c1ccccc1. The van der Waals surface area contributed by atoms with Crippen LogP contribution in [0.5, 0.6) is 0 Å². The Morgan fingerprint density at radius 1 is 0.717 bits per heavy atom. The van der Waals surface area contributed by atoms with E-state index < -0.39 is 35.3 Å². The van der Waals surface area contributed by atoms with Gasteiger partial charge in [0, 0.05) is 12.3 Å². The van der Waals surface area contributed by atoms with Crippen LogP contribution in [0.15, 0.2) is 109 Å². The molecule has 0 heterocycles. The Morgan fingerprint density at radius 2 is 1.22 bits per heavy atom. The molecule has 6 heteroatoms. The number of Topliss-reactive ketones (excluding diaryl/α,β-unsaturated/α-hetero) is 1. The molecule has 0 saturated heterocycles. The van der Waals surface area contributed by atoms with E-state index in [1.165, 1.54) is 0 Å². The Kier molecular flexibility index (Phi) is 11.9. The average Bonchev–Trinajstić information content (AvgIpc) is 3.04. The van der Waals surface area contributed by atoms with Gasteiger partial charge in [0.1, 0.15) is 12.6 Å². The van der Waals surface area contributed by atoms with Crippen molar-refractivity contribution >= 4 is 17.8 Å². The number of nitrogens with one attached hydrogen (secondary N) is 2. The van der Waals surface area contributed by atoms with Crippen molar-refractivity contribution < 1.29 is 19.1 Å². The maximum atomic E-state index is 14.2. The third-order valence-electron chi connectivity index (χ3n) is 8.57. The summed E-state index contributed by atoms with van der Waals surface area (Å²) in [5.74, 6) is -0.784. The number of benzene rings is 4. The number of amides is 2. The summed E-state index contributed by atoms with van der Waals surface area (Å²) in [5, 5.41) is 5.87. The average molecular weight is 618 g/mol. The predicted molar refractivity (Wildman–Crippen MR) is 183 cm³/mol. The van der Waals surface area contributed by atoms with Crippen molar-refractivity contribution in [3.63, 3.8) is 0 Å². The monoisotopic (exact) mass is 617 g/mol. The van der Waals surface area contributed by atoms with Crippen LogP contribution in [0, 0.1) is 26.7 Å². The maximum Gasteiger partial charge on any atom is 0.408 e. The van der Waals surface area contributed by atoms with Crippen LogP contribution in [-0.2, 0) is 39.2 Å². The van der Waals surface area contributed by atoms with Crippen LogP contribution in [-0.4, -0.2) is 29.9 Å². The molecule has 0 fully saturated rings. The first-order chi connectivity index (χ1) is 22.1. The maximum absolute atomic E-state index is 14.2. The number of aryl methyl sites for hydroxylation is 2. The predicted octanol–water partition coefficient (Wildman–Crippen LogP) is 7.26. The number of alkyl carbamates (subject to hydrolysis) is 1. The lowest BCUT2D eigenvalue weighted by Gasteiger charge is -2.42. The zero-order valence-corrected chi connectivity index (χ0v) is 27.3. The summed E-state index contributed by atoms with van der Waals surface area (Å²) in [6.07, 6.45) is 0.617. The Bertz CT molecular complexity index is 1550. The first-order valence-electron chi connectivity index (χ1n) is 15.9. The molecule has 239 valence electrons. The van der Waals surface area contributed by atoms with Crippen molar-refractivity contribution in [2.75, 3.05) is 0 Å². The third-order valence-corrected chi connectivity index (χ3v) is 8.57. The Labute approximate surface area is 273 Å². The molecule has 1 radical (unpaired) electrons. The molecular formula is C40H45N2O4. The molecule has 2 atom stereocenters. The van der Waals surface area contributed by atoms with Gasteiger partial charge in [-0.05, 0) is 72.4 Å². The van der Waals surface area contributed by atoms with E-state index in [0.717, 1.165) is 33.4 Å². The van der Waals surface area contributed by atoms with Crippen LogP contribution in [0.25, 0.3) is 0 Å². The van der Waals surface area contributed by atoms with Gasteiger partial charge in [-0.15, -0.1) is 0 Å². The lowest BCUT2D eigenvalue weighted by atomic mass is 9.64. The Morgan fingerprint density at radius 3 is 1.72 bits per heavy atom. The topological polar surface area (TPSA) is 84.5 Å². The normalized spacial score (nSPS) is 12.7. The van der Waals surface area contributed by atoms with Gasteiger partial charge in [-0.1, -0.05) is 123 Å². The fraction of sp³-hybridized carbons (Fsp3) is 0.300. The first-order valence-corrected chi connectivity index (χ1v) is 15.9. The molecule has 2 amide bonds. The first kappa shape index (κ1) is 34.2. The molecule has 0 aliphatic rings. The highest BCUT2D eigenvalue weighted by molar-refractivity contribution is 5.95. The molecule has 4 aromatic carbocycles. The molecule has 6 nitrogen and oxygen atoms in total. The van der Waals surface area contributed by atoms with E-state index in [4.69, 9.17) is 4.74 Å². The summed E-state index contributed by atoms with van der Waals surface area (Å²) in [5.41, 5.74) is 5.18. The van der Waals surface area contributed by atoms with Gasteiger partial charge >= 0.3 is 6.09 Å². The molecule has 2 N–H and O–H groups in total. The summed E-state index contributed by atoms with van der Waals surface area (Å²) >= 11 is 0. The van der Waals surface area contributed by atoms with Gasteiger partial charge in [-0.25, -0.2) is 4.79 Å². The molecule has 4 aromatic rings. The van der Waals surface area contributed by atoms with E-state index in [1.54, 1.807) is 0 Å². The smallest absolute Gasteiger partial charge is 0.408 e. The summed E-state index contributed by atoms with van der Waals surface area (Å²) in [4.78, 5) is 40.8. The van der Waals surface area contributed by atoms with Gasteiger partial charge < -0.3 is 15.4 Å². The molecule has 0 unspecified atom stereocenters. The molecular weight excluding hydrogens is 572 g/mol. The summed E-state index contributed by atoms with van der Waals surface area (Å²) in [6.45, 7) is 12.0. The molecule has 0 aliphatic carbocycles. The van der Waals surface area contributed by atoms with Crippen LogP contribution in [0.3, 0.4) is 0 Å². The fourth-order valence-electron chi connectivity index (χ4n) is 6.08. The highest BCUT2D eigenvalue weighted by Gasteiger charge is 2.45. The minimum absolute atomic E-state index is 0.0760. The second-order valence-electron chi connectivity index (χ2n) is 12.5. The lowest BCUT2D eigenvalue weighted by Crippen LogP contribution is -2.60. The lowest BCUT2D eigenvalue weighted by molar-refractivity contribution is -0.129. The van der Waals surface area contributed by atoms with E-state index >= 15 is 0 Å². The zero-order chi connectivity index (χ0) is 33.1. The minimum atomic E-state index is -1.00. The van der Waals surface area contributed by atoms with E-state index in [0.29, 0.717) is 19.3 Å². The van der Waals surface area contributed by atoms with Gasteiger partial charge in [0.15, 0.2) is 5.78 Å². The molecule has 0 saturated carbocycles. The molecule has 46 heavy (non-hydrogen) atoms. The second-order valence-corrected chi connectivity index (χ2v) is 12.5. The third kappa shape index (κ3) is 8.94. The van der Waals surface area contributed by atoms with E-state index in [9.17, 15) is 14.4 Å². The van der Waals surface area contributed by atoms with Crippen molar-refractivity contribution in [1.82, 2.24) is 10.6 Å². The number of ether oxygens (including phenoxy) is 1. The Balaban J connectivity index is 1.74. The molecule has 0 spiro atoms. The van der Waals surface area contributed by atoms with Crippen molar-refractivity contribution in [2.24, 2.45) is 5.92 Å². The van der Waals surface area contributed by atoms with E-state index in [2.05, 4.69) is 55.7 Å². The Hall–Kier alpha value is -4.71. The summed E-state index contributed by atoms with van der Waals surface area (Å²) in [6, 6.07) is 33.6. The quantitative estimate of drug-likeness (QED) is 0.156. The number of carbonyl (C=O) groups excluding carboxylic acids is 3. The largest absolute Gasteiger partial charge is 0.445 e. The molecule has 0 bridgehead atoms. The van der Waals surface area contributed by atoms with Crippen LogP contribution in [0.2, 0.25) is 0 Å². The zero-order valence-electron chi connectivity index (χ0n) is 27.3. The van der Waals surface area contributed by atoms with Crippen molar-refractivity contribution in [1.29, 1.82) is 0 Å². The van der Waals surface area contributed by atoms with Crippen LogP contribution >= 0.6 is 0 Å². The number of rotatable bonds is 14. The number of carbonyl (C=O) groups is 3. The number of hydrogen-bond donors (Lipinski definition) is 2. The number of hydrogen-bond acceptors (Lipinski definition) is 4. The van der Waals surface area contributed by atoms with Crippen molar-refractivity contribution in [3.8, 4) is 0 Å². The van der Waals surface area contributed by atoms with Crippen LogP contribution in [0.1, 0.15) is 53.6 Å². The highest BCUT2D eigenvalue weighted by Crippen LogP contribution is 2.38. The minimum Gasteiger partial charge on any atom is -0.445 e. The van der Waals surface area contributed by atoms with Crippen LogP contribution < -0.4 is 10.6 Å². The van der Waals surface area contributed by atoms with E-state index in [1.807, 2.05) is 98.8 Å². The van der Waals surface area contributed by atoms with Crippen molar-refractivity contribution in [3.05, 3.63) is 149 Å². The van der Waals surface area contributed by atoms with Gasteiger partial charge in [0.2, 0.25) is 5.91 Å². The van der Waals surface area contributed by atoms with Gasteiger partial charge in [-0.3, -0.25) is 9.59 Å². The molecule has 0 aliphatic heterocycles.